The van der Waals surface area contributed by atoms with Crippen molar-refractivity contribution in [2.45, 2.75) is 19.8 Å². The molecule has 1 unspecified atom stereocenters. The van der Waals surface area contributed by atoms with E-state index in [2.05, 4.69) is 20.3 Å². The average Bonchev–Trinajstić information content (AvgIpc) is 2.86. The second kappa shape index (κ2) is 3.64. The van der Waals surface area contributed by atoms with Gasteiger partial charge in [-0.3, -0.25) is 9.89 Å². The van der Waals surface area contributed by atoms with E-state index in [4.69, 9.17) is 4.52 Å². The van der Waals surface area contributed by atoms with Gasteiger partial charge >= 0.3 is 0 Å². The fraction of sp³-hybridized carbons (Fsp3) is 0.333. The molecule has 2 aromatic heterocycles. The van der Waals surface area contributed by atoms with Crippen LogP contribution in [0.5, 0.6) is 0 Å². The van der Waals surface area contributed by atoms with E-state index >= 15 is 0 Å². The van der Waals surface area contributed by atoms with E-state index in [1.165, 1.54) is 6.92 Å². The molecule has 15 heavy (non-hydrogen) atoms. The summed E-state index contributed by atoms with van der Waals surface area (Å²) in [6.45, 7) is 3.22. The number of nitrogens with zero attached hydrogens (tertiary/aromatic N) is 3. The Balaban J connectivity index is 2.28. The Hall–Kier alpha value is -1.98. The van der Waals surface area contributed by atoms with Gasteiger partial charge in [0.1, 0.15) is 5.78 Å². The lowest BCUT2D eigenvalue weighted by Gasteiger charge is -1.97. The zero-order chi connectivity index (χ0) is 10.8. The third kappa shape index (κ3) is 1.78. The summed E-state index contributed by atoms with van der Waals surface area (Å²) in [5.74, 6) is 0.404. The van der Waals surface area contributed by atoms with Crippen LogP contribution < -0.4 is 0 Å². The van der Waals surface area contributed by atoms with Gasteiger partial charge in [0.15, 0.2) is 0 Å². The number of ketones is 1. The van der Waals surface area contributed by atoms with E-state index in [0.717, 1.165) is 5.56 Å². The van der Waals surface area contributed by atoms with Gasteiger partial charge in [-0.25, -0.2) is 0 Å². The smallest absolute Gasteiger partial charge is 0.237 e. The van der Waals surface area contributed by atoms with Gasteiger partial charge in [-0.1, -0.05) is 5.16 Å². The Bertz CT molecular complexity index is 460. The number of rotatable bonds is 3. The molecule has 78 valence electrons. The number of hydrogen-bond acceptors (Lipinski definition) is 5. The van der Waals surface area contributed by atoms with Gasteiger partial charge in [0, 0.05) is 6.20 Å². The molecule has 0 aliphatic carbocycles. The monoisotopic (exact) mass is 206 g/mol. The van der Waals surface area contributed by atoms with Crippen molar-refractivity contribution < 1.29 is 9.32 Å². The average molecular weight is 206 g/mol. The summed E-state index contributed by atoms with van der Waals surface area (Å²) in [7, 11) is 0. The number of H-pyrrole nitrogens is 1. The molecule has 0 bridgehead atoms. The van der Waals surface area contributed by atoms with Crippen molar-refractivity contribution in [1.82, 2.24) is 20.3 Å². The Labute approximate surface area is 85.7 Å². The highest BCUT2D eigenvalue weighted by molar-refractivity contribution is 5.81. The van der Waals surface area contributed by atoms with Crippen LogP contribution in [0.1, 0.15) is 25.7 Å². The van der Waals surface area contributed by atoms with Crippen LogP contribution in [0.15, 0.2) is 16.9 Å². The van der Waals surface area contributed by atoms with E-state index < -0.39 is 0 Å². The van der Waals surface area contributed by atoms with Crippen LogP contribution in [0, 0.1) is 0 Å². The second-order valence-corrected chi connectivity index (χ2v) is 3.28. The standard InChI is InChI=1S/C9H10N4O2/c1-5(6(2)14)9-12-8(13-15-9)7-3-10-11-4-7/h3-5H,1-2H3,(H,10,11). The first kappa shape index (κ1) is 9.57. The van der Waals surface area contributed by atoms with E-state index in [9.17, 15) is 4.79 Å². The summed E-state index contributed by atoms with van der Waals surface area (Å²) >= 11 is 0. The largest absolute Gasteiger partial charge is 0.338 e. The SMILES string of the molecule is CC(=O)C(C)c1nc(-c2cn[nH]c2)no1. The van der Waals surface area contributed by atoms with Gasteiger partial charge in [-0.15, -0.1) is 0 Å². The number of hydrogen-bond donors (Lipinski definition) is 1. The van der Waals surface area contributed by atoms with Crippen molar-refractivity contribution in [2.24, 2.45) is 0 Å². The molecule has 6 heteroatoms. The number of carbonyl (C=O) groups is 1. The summed E-state index contributed by atoms with van der Waals surface area (Å²) in [4.78, 5) is 15.2. The molecule has 2 rings (SSSR count). The maximum atomic E-state index is 11.1. The van der Waals surface area contributed by atoms with Gasteiger partial charge in [0.05, 0.1) is 17.7 Å². The zero-order valence-electron chi connectivity index (χ0n) is 8.39. The summed E-state index contributed by atoms with van der Waals surface area (Å²) in [6, 6.07) is 0. The van der Waals surface area contributed by atoms with Crippen molar-refractivity contribution in [3.8, 4) is 11.4 Å². The van der Waals surface area contributed by atoms with Crippen molar-refractivity contribution >= 4 is 5.78 Å². The normalized spacial score (nSPS) is 12.7. The fourth-order valence-electron chi connectivity index (χ4n) is 1.08. The maximum Gasteiger partial charge on any atom is 0.237 e. The molecule has 0 aromatic carbocycles. The highest BCUT2D eigenvalue weighted by atomic mass is 16.5. The molecule has 0 amide bonds. The topological polar surface area (TPSA) is 84.7 Å². The van der Waals surface area contributed by atoms with Crippen molar-refractivity contribution in [2.75, 3.05) is 0 Å². The maximum absolute atomic E-state index is 11.1. The first-order valence-corrected chi connectivity index (χ1v) is 4.51. The lowest BCUT2D eigenvalue weighted by molar-refractivity contribution is -0.118. The van der Waals surface area contributed by atoms with E-state index in [1.807, 2.05) is 0 Å². The summed E-state index contributed by atoms with van der Waals surface area (Å²) in [5.41, 5.74) is 0.737. The summed E-state index contributed by atoms with van der Waals surface area (Å²) < 4.78 is 4.99. The second-order valence-electron chi connectivity index (χ2n) is 3.28. The van der Waals surface area contributed by atoms with Crippen LogP contribution in [-0.4, -0.2) is 26.1 Å². The van der Waals surface area contributed by atoms with Crippen molar-refractivity contribution in [3.05, 3.63) is 18.3 Å². The third-order valence-corrected chi connectivity index (χ3v) is 2.18. The predicted octanol–water partition coefficient (Wildman–Crippen LogP) is 1.15. The van der Waals surface area contributed by atoms with E-state index in [1.54, 1.807) is 19.3 Å². The number of carbonyl (C=O) groups excluding carboxylic acids is 1. The van der Waals surface area contributed by atoms with E-state index in [-0.39, 0.29) is 11.7 Å². The summed E-state index contributed by atoms with van der Waals surface area (Å²) in [6.07, 6.45) is 3.25. The van der Waals surface area contributed by atoms with Crippen LogP contribution in [0.3, 0.4) is 0 Å². The number of aromatic amines is 1. The molecule has 0 fully saturated rings. The lowest BCUT2D eigenvalue weighted by Crippen LogP contribution is -2.04. The predicted molar refractivity (Wildman–Crippen MR) is 51.0 cm³/mol. The lowest BCUT2D eigenvalue weighted by atomic mass is 10.1. The van der Waals surface area contributed by atoms with Gasteiger partial charge in [0.25, 0.3) is 0 Å². The van der Waals surface area contributed by atoms with Crippen LogP contribution in [-0.2, 0) is 4.79 Å². The molecule has 2 heterocycles. The Morgan fingerprint density at radius 3 is 3.00 bits per heavy atom. The van der Waals surface area contributed by atoms with Gasteiger partial charge < -0.3 is 4.52 Å². The number of Topliss-reactive ketones (excluding diaryl/α,β-unsaturated/α-hetero) is 1. The Kier molecular flexibility index (Phi) is 2.32. The van der Waals surface area contributed by atoms with Crippen LogP contribution >= 0.6 is 0 Å². The highest BCUT2D eigenvalue weighted by Crippen LogP contribution is 2.18. The molecule has 0 saturated carbocycles. The quantitative estimate of drug-likeness (QED) is 0.814. The highest BCUT2D eigenvalue weighted by Gasteiger charge is 2.18. The van der Waals surface area contributed by atoms with Crippen LogP contribution in [0.4, 0.5) is 0 Å². The molecule has 2 aromatic rings. The van der Waals surface area contributed by atoms with Crippen LogP contribution in [0.2, 0.25) is 0 Å². The van der Waals surface area contributed by atoms with Gasteiger partial charge in [0.2, 0.25) is 11.7 Å². The number of aromatic nitrogens is 4. The van der Waals surface area contributed by atoms with Gasteiger partial charge in [-0.05, 0) is 13.8 Å². The fourth-order valence-corrected chi connectivity index (χ4v) is 1.08. The zero-order valence-corrected chi connectivity index (χ0v) is 8.39. The van der Waals surface area contributed by atoms with E-state index in [0.29, 0.717) is 11.7 Å². The minimum atomic E-state index is -0.363. The molecular formula is C9H10N4O2. The first-order valence-electron chi connectivity index (χ1n) is 4.51. The molecule has 0 radical (unpaired) electrons. The minimum absolute atomic E-state index is 0.00241. The Morgan fingerprint density at radius 2 is 2.40 bits per heavy atom. The first-order chi connectivity index (χ1) is 7.18. The molecule has 0 spiro atoms. The minimum Gasteiger partial charge on any atom is -0.338 e. The van der Waals surface area contributed by atoms with Crippen molar-refractivity contribution in [1.29, 1.82) is 0 Å². The Morgan fingerprint density at radius 1 is 1.60 bits per heavy atom. The molecule has 1 N–H and O–H groups in total. The molecular weight excluding hydrogens is 196 g/mol. The van der Waals surface area contributed by atoms with Crippen LogP contribution in [0.25, 0.3) is 11.4 Å². The molecule has 0 saturated heterocycles. The molecule has 0 aliphatic heterocycles. The van der Waals surface area contributed by atoms with Crippen molar-refractivity contribution in [3.63, 3.8) is 0 Å². The molecule has 0 aliphatic rings. The molecule has 6 nitrogen and oxygen atoms in total. The third-order valence-electron chi connectivity index (χ3n) is 2.18. The molecule has 1 atom stereocenters. The van der Waals surface area contributed by atoms with Gasteiger partial charge in [-0.2, -0.15) is 10.1 Å². The number of nitrogens with one attached hydrogen (secondary N) is 1. The summed E-state index contributed by atoms with van der Waals surface area (Å²) in [5, 5.41) is 10.2.